The third-order valence-corrected chi connectivity index (χ3v) is 13.0. The molecular weight excluding hydrogens is 659 g/mol. The van der Waals surface area contributed by atoms with Crippen LogP contribution in [0.15, 0.2) is 115 Å². The summed E-state index contributed by atoms with van der Waals surface area (Å²) in [5.41, 5.74) is 7.72. The maximum Gasteiger partial charge on any atom is 0.132 e. The number of halogens is 2. The fourth-order valence-electron chi connectivity index (χ4n) is 7.47. The molecule has 1 fully saturated rings. The van der Waals surface area contributed by atoms with Gasteiger partial charge in [-0.05, 0) is 132 Å². The van der Waals surface area contributed by atoms with E-state index in [1.165, 1.54) is 20.9 Å². The summed E-state index contributed by atoms with van der Waals surface area (Å²) in [4.78, 5) is 4.48. The second-order valence-corrected chi connectivity index (χ2v) is 16.0. The number of ether oxygens (including phenoxy) is 1. The Morgan fingerprint density at radius 1 is 0.600 bits per heavy atom. The number of hydrogen-bond acceptors (Lipinski definition) is 3. The minimum Gasteiger partial charge on any atom is -0.490 e. The first-order chi connectivity index (χ1) is 24.4. The number of benzene rings is 4. The van der Waals surface area contributed by atoms with Crippen molar-refractivity contribution in [2.75, 3.05) is 0 Å². The van der Waals surface area contributed by atoms with Gasteiger partial charge in [0.1, 0.15) is 23.5 Å². The maximum absolute atomic E-state index is 15.1. The molecule has 50 heavy (non-hydrogen) atoms. The van der Waals surface area contributed by atoms with Gasteiger partial charge in [-0.2, -0.15) is 0 Å². The molecule has 0 bridgehead atoms. The van der Waals surface area contributed by atoms with Gasteiger partial charge in [-0.25, -0.2) is 8.78 Å². The standard InChI is InChI=1S/C45H40F2OS2/c1-4-35-16-20-44(49-35)37-18-12-31(24-41(37)46)28-6-8-30(9-7-28)33-22-27(3)39(23-33)40-26-43(40)48-34-14-10-29(11-15-34)32-13-19-38(42(47)25-32)45-21-17-36(5-2)50-45/h6-22,24-25,27,39-40,43H,4-5,23,26H2,1-3H3. The fraction of sp³-hybridized carbons (Fsp3) is 0.244. The number of aryl methyl sites for hydroxylation is 2. The third-order valence-electron chi connectivity index (χ3n) is 10.5. The SMILES string of the molecule is CCc1ccc(-c2ccc(-c3ccc(OC4CC4C4CC(c5ccc(-c6ccc(-c7ccc(CC)s7)c(F)c6)cc5)=CC4C)cc3)cc2F)s1. The Kier molecular flexibility index (Phi) is 9.05. The van der Waals surface area contributed by atoms with E-state index >= 15 is 8.78 Å². The lowest BCUT2D eigenvalue weighted by atomic mass is 9.91. The summed E-state index contributed by atoms with van der Waals surface area (Å²) < 4.78 is 36.7. The first-order valence-electron chi connectivity index (χ1n) is 17.7. The van der Waals surface area contributed by atoms with Crippen LogP contribution in [-0.2, 0) is 12.8 Å². The Hall–Kier alpha value is -4.32. The zero-order valence-electron chi connectivity index (χ0n) is 28.6. The summed E-state index contributed by atoms with van der Waals surface area (Å²) in [6.45, 7) is 6.57. The first kappa shape index (κ1) is 32.9. The molecule has 252 valence electrons. The largest absolute Gasteiger partial charge is 0.490 e. The van der Waals surface area contributed by atoms with Crippen molar-refractivity contribution in [1.29, 1.82) is 0 Å². The lowest BCUT2D eigenvalue weighted by Gasteiger charge is -2.16. The van der Waals surface area contributed by atoms with Gasteiger partial charge in [-0.1, -0.05) is 75.4 Å². The van der Waals surface area contributed by atoms with Gasteiger partial charge in [-0.15, -0.1) is 22.7 Å². The van der Waals surface area contributed by atoms with Crippen molar-refractivity contribution in [3.8, 4) is 48.9 Å². The highest BCUT2D eigenvalue weighted by Crippen LogP contribution is 2.51. The van der Waals surface area contributed by atoms with Crippen molar-refractivity contribution in [2.24, 2.45) is 17.8 Å². The highest BCUT2D eigenvalue weighted by molar-refractivity contribution is 7.15. The van der Waals surface area contributed by atoms with E-state index in [0.717, 1.165) is 63.4 Å². The Morgan fingerprint density at radius 2 is 1.10 bits per heavy atom. The molecule has 0 saturated heterocycles. The van der Waals surface area contributed by atoms with E-state index in [1.807, 2.05) is 60.7 Å². The highest BCUT2D eigenvalue weighted by Gasteiger charge is 2.48. The molecule has 2 heterocycles. The Labute approximate surface area is 301 Å². The van der Waals surface area contributed by atoms with Gasteiger partial charge in [-0.3, -0.25) is 0 Å². The molecule has 2 aromatic heterocycles. The quantitative estimate of drug-likeness (QED) is 0.138. The molecule has 0 aliphatic heterocycles. The average molecular weight is 699 g/mol. The van der Waals surface area contributed by atoms with E-state index in [4.69, 9.17) is 4.74 Å². The summed E-state index contributed by atoms with van der Waals surface area (Å²) in [5, 5.41) is 0. The van der Waals surface area contributed by atoms with Crippen LogP contribution in [0, 0.1) is 29.4 Å². The average Bonchev–Trinajstić information content (AvgIpc) is 3.48. The van der Waals surface area contributed by atoms with Crippen molar-refractivity contribution in [2.45, 2.75) is 52.6 Å². The molecule has 5 heteroatoms. The van der Waals surface area contributed by atoms with E-state index in [2.05, 4.69) is 63.2 Å². The van der Waals surface area contributed by atoms with Crippen LogP contribution < -0.4 is 4.74 Å². The number of hydrogen-bond donors (Lipinski definition) is 0. The Bertz CT molecular complexity index is 2170. The molecule has 1 saturated carbocycles. The Balaban J connectivity index is 0.871. The summed E-state index contributed by atoms with van der Waals surface area (Å²) in [6, 6.07) is 36.0. The number of thiophene rings is 2. The monoisotopic (exact) mass is 698 g/mol. The van der Waals surface area contributed by atoms with Crippen LogP contribution in [0.4, 0.5) is 8.78 Å². The predicted molar refractivity (Wildman–Crippen MR) is 207 cm³/mol. The molecule has 1 nitrogen and oxygen atoms in total. The van der Waals surface area contributed by atoms with E-state index in [-0.39, 0.29) is 17.7 Å². The zero-order chi connectivity index (χ0) is 34.4. The van der Waals surface area contributed by atoms with Crippen LogP contribution in [0.2, 0.25) is 0 Å². The van der Waals surface area contributed by atoms with E-state index in [1.54, 1.807) is 34.8 Å². The summed E-state index contributed by atoms with van der Waals surface area (Å²) in [5.74, 6) is 2.07. The minimum atomic E-state index is -0.191. The van der Waals surface area contributed by atoms with Gasteiger partial charge in [0.25, 0.3) is 0 Å². The molecule has 8 rings (SSSR count). The van der Waals surface area contributed by atoms with Crippen LogP contribution >= 0.6 is 22.7 Å². The maximum atomic E-state index is 15.1. The van der Waals surface area contributed by atoms with Gasteiger partial charge in [0.05, 0.1) is 0 Å². The molecule has 2 aliphatic rings. The van der Waals surface area contributed by atoms with Crippen LogP contribution in [0.5, 0.6) is 5.75 Å². The molecule has 0 amide bonds. The lowest BCUT2D eigenvalue weighted by molar-refractivity contribution is 0.250. The lowest BCUT2D eigenvalue weighted by Crippen LogP contribution is -2.12. The predicted octanol–water partition coefficient (Wildman–Crippen LogP) is 13.4. The fourth-order valence-corrected chi connectivity index (χ4v) is 9.42. The topological polar surface area (TPSA) is 9.23 Å². The molecule has 4 unspecified atom stereocenters. The molecule has 4 atom stereocenters. The Morgan fingerprint density at radius 3 is 1.60 bits per heavy atom. The van der Waals surface area contributed by atoms with Gasteiger partial charge in [0.2, 0.25) is 0 Å². The summed E-state index contributed by atoms with van der Waals surface area (Å²) in [6.07, 6.45) is 6.69. The second-order valence-electron chi connectivity index (χ2n) is 13.7. The molecule has 6 aromatic rings. The summed E-state index contributed by atoms with van der Waals surface area (Å²) in [7, 11) is 0. The minimum absolute atomic E-state index is 0.177. The van der Waals surface area contributed by atoms with Crippen LogP contribution in [-0.4, -0.2) is 6.10 Å². The van der Waals surface area contributed by atoms with Gasteiger partial charge >= 0.3 is 0 Å². The van der Waals surface area contributed by atoms with Crippen molar-refractivity contribution in [3.05, 3.63) is 142 Å². The molecule has 2 aliphatic carbocycles. The van der Waals surface area contributed by atoms with Crippen LogP contribution in [0.3, 0.4) is 0 Å². The van der Waals surface area contributed by atoms with Crippen LogP contribution in [0.25, 0.3) is 48.7 Å². The van der Waals surface area contributed by atoms with Crippen molar-refractivity contribution in [3.63, 3.8) is 0 Å². The zero-order valence-corrected chi connectivity index (χ0v) is 30.2. The van der Waals surface area contributed by atoms with Crippen LogP contribution in [0.1, 0.15) is 48.9 Å². The first-order valence-corrected chi connectivity index (χ1v) is 19.4. The smallest absolute Gasteiger partial charge is 0.132 e. The van der Waals surface area contributed by atoms with E-state index < -0.39 is 0 Å². The molecule has 0 spiro atoms. The van der Waals surface area contributed by atoms with Crippen molar-refractivity contribution >= 4 is 28.2 Å². The molecule has 0 N–H and O–H groups in total. The molecule has 4 aromatic carbocycles. The van der Waals surface area contributed by atoms with E-state index in [9.17, 15) is 0 Å². The van der Waals surface area contributed by atoms with Crippen molar-refractivity contribution < 1.29 is 13.5 Å². The second kappa shape index (κ2) is 13.8. The third kappa shape index (κ3) is 6.61. The molecular formula is C45H40F2OS2. The van der Waals surface area contributed by atoms with Gasteiger partial charge in [0.15, 0.2) is 0 Å². The van der Waals surface area contributed by atoms with E-state index in [0.29, 0.717) is 28.9 Å². The van der Waals surface area contributed by atoms with Gasteiger partial charge in [0, 0.05) is 36.6 Å². The summed E-state index contributed by atoms with van der Waals surface area (Å²) >= 11 is 3.31. The normalized spacial score (nSPS) is 19.8. The highest BCUT2D eigenvalue weighted by atomic mass is 32.1. The molecule has 0 radical (unpaired) electrons. The number of rotatable bonds is 10. The van der Waals surface area contributed by atoms with Gasteiger partial charge < -0.3 is 4.74 Å². The van der Waals surface area contributed by atoms with Crippen molar-refractivity contribution in [1.82, 2.24) is 0 Å². The number of allylic oxidation sites excluding steroid dienone is 2.